The van der Waals surface area contributed by atoms with Crippen LogP contribution >= 0.6 is 0 Å². The van der Waals surface area contributed by atoms with Crippen LogP contribution in [0, 0.1) is 0 Å². The number of amides is 1. The summed E-state index contributed by atoms with van der Waals surface area (Å²) in [5.41, 5.74) is 0. The minimum atomic E-state index is -1.79. The fourth-order valence-corrected chi connectivity index (χ4v) is 5.84. The first-order chi connectivity index (χ1) is 24.6. The molecule has 14 heteroatoms. The Morgan fingerprint density at radius 1 is 0.686 bits per heavy atom. The van der Waals surface area contributed by atoms with Gasteiger partial charge in [0.1, 0.15) is 48.8 Å². The zero-order valence-electron chi connectivity index (χ0n) is 30.3. The van der Waals surface area contributed by atoms with E-state index in [0.29, 0.717) is 12.8 Å². The molecule has 2 saturated heterocycles. The van der Waals surface area contributed by atoms with Gasteiger partial charge in [0, 0.05) is 6.42 Å². The van der Waals surface area contributed by atoms with Crippen molar-refractivity contribution in [2.75, 3.05) is 19.8 Å². The Balaban J connectivity index is 1.99. The van der Waals surface area contributed by atoms with Gasteiger partial charge in [-0.25, -0.2) is 0 Å². The van der Waals surface area contributed by atoms with Crippen molar-refractivity contribution in [3.05, 3.63) is 36.5 Å². The molecule has 296 valence electrons. The monoisotopic (exact) mass is 731 g/mol. The van der Waals surface area contributed by atoms with Crippen molar-refractivity contribution in [3.63, 3.8) is 0 Å². The van der Waals surface area contributed by atoms with Gasteiger partial charge in [-0.05, 0) is 44.9 Å². The lowest BCUT2D eigenvalue weighted by Crippen LogP contribution is -2.65. The molecule has 2 fully saturated rings. The molecule has 51 heavy (non-hydrogen) atoms. The molecule has 2 rings (SSSR count). The van der Waals surface area contributed by atoms with Crippen LogP contribution in [0.4, 0.5) is 0 Å². The molecule has 0 spiro atoms. The summed E-state index contributed by atoms with van der Waals surface area (Å²) in [5, 5.41) is 85.7. The zero-order valence-corrected chi connectivity index (χ0v) is 30.3. The van der Waals surface area contributed by atoms with Crippen molar-refractivity contribution in [1.82, 2.24) is 5.32 Å². The number of unbranched alkanes of at least 4 members (excludes halogenated alkanes) is 8. The highest BCUT2D eigenvalue weighted by Crippen LogP contribution is 2.29. The van der Waals surface area contributed by atoms with Gasteiger partial charge in [-0.3, -0.25) is 4.79 Å². The quantitative estimate of drug-likeness (QED) is 0.0477. The van der Waals surface area contributed by atoms with Crippen molar-refractivity contribution in [2.24, 2.45) is 0 Å². The Morgan fingerprint density at radius 2 is 1.25 bits per heavy atom. The van der Waals surface area contributed by atoms with Crippen LogP contribution in [-0.2, 0) is 23.7 Å². The average molecular weight is 732 g/mol. The maximum Gasteiger partial charge on any atom is 0.220 e. The molecule has 9 N–H and O–H groups in total. The molecule has 0 aromatic rings. The second-order valence-corrected chi connectivity index (χ2v) is 13.3. The van der Waals surface area contributed by atoms with Gasteiger partial charge in [0.2, 0.25) is 5.91 Å². The predicted molar refractivity (Wildman–Crippen MR) is 189 cm³/mol. The minimum Gasteiger partial charge on any atom is -0.394 e. The first-order valence-corrected chi connectivity index (χ1v) is 18.7. The molecule has 0 aromatic heterocycles. The van der Waals surface area contributed by atoms with Crippen LogP contribution in [-0.4, -0.2) is 140 Å². The van der Waals surface area contributed by atoms with Crippen molar-refractivity contribution < 1.29 is 64.6 Å². The van der Waals surface area contributed by atoms with Gasteiger partial charge in [0.25, 0.3) is 0 Å². The molecular weight excluding hydrogens is 666 g/mol. The number of carbonyl (C=O) groups is 1. The van der Waals surface area contributed by atoms with E-state index in [1.54, 1.807) is 6.08 Å². The largest absolute Gasteiger partial charge is 0.394 e. The van der Waals surface area contributed by atoms with Gasteiger partial charge < -0.3 is 65.1 Å². The van der Waals surface area contributed by atoms with E-state index in [1.807, 2.05) is 6.08 Å². The van der Waals surface area contributed by atoms with E-state index in [2.05, 4.69) is 43.5 Å². The molecule has 2 aliphatic rings. The molecule has 12 atom stereocenters. The lowest BCUT2D eigenvalue weighted by atomic mass is 9.97. The predicted octanol–water partition coefficient (Wildman–Crippen LogP) is 1.25. The summed E-state index contributed by atoms with van der Waals surface area (Å²) in [7, 11) is 0. The van der Waals surface area contributed by atoms with Crippen LogP contribution in [0.15, 0.2) is 36.5 Å². The standard InChI is InChI=1S/C37H65NO13/c1-3-5-7-9-11-12-13-15-17-19-21-29(42)38-25(26(41)20-18-16-14-10-8-6-4-2)24-48-36-34(47)32(45)35(28(23-40)50-36)51-37-33(46)31(44)30(43)27(22-39)49-37/h7-10,18,20,25-28,30-37,39-41,43-47H,3-6,11-17,19,21-24H2,1-2H3,(H,38,42)/b9-7-,10-8+,20-18+. The third-order valence-electron chi connectivity index (χ3n) is 9.01. The number of carbonyl (C=O) groups excluding carboxylic acids is 1. The van der Waals surface area contributed by atoms with Crippen molar-refractivity contribution >= 4 is 5.91 Å². The number of allylic oxidation sites excluding steroid dienone is 5. The minimum absolute atomic E-state index is 0.260. The number of nitrogens with one attached hydrogen (secondary N) is 1. The van der Waals surface area contributed by atoms with Gasteiger partial charge in [0.15, 0.2) is 12.6 Å². The second-order valence-electron chi connectivity index (χ2n) is 13.3. The molecule has 1 amide bonds. The summed E-state index contributed by atoms with van der Waals surface area (Å²) in [6.45, 7) is 2.51. The Hall–Kier alpha value is -1.79. The summed E-state index contributed by atoms with van der Waals surface area (Å²) in [4.78, 5) is 12.9. The highest BCUT2D eigenvalue weighted by molar-refractivity contribution is 5.76. The van der Waals surface area contributed by atoms with Crippen LogP contribution < -0.4 is 5.32 Å². The van der Waals surface area contributed by atoms with E-state index in [4.69, 9.17) is 18.9 Å². The Labute approximate surface area is 302 Å². The number of ether oxygens (including phenoxy) is 4. The van der Waals surface area contributed by atoms with Crippen LogP contribution in [0.3, 0.4) is 0 Å². The number of aliphatic hydroxyl groups is 8. The van der Waals surface area contributed by atoms with Crippen LogP contribution in [0.5, 0.6) is 0 Å². The Bertz CT molecular complexity index is 1010. The van der Waals surface area contributed by atoms with Gasteiger partial charge in [0.05, 0.1) is 32.0 Å². The van der Waals surface area contributed by atoms with Crippen molar-refractivity contribution in [3.8, 4) is 0 Å². The average Bonchev–Trinajstić information content (AvgIpc) is 3.12. The molecule has 2 aliphatic heterocycles. The molecule has 12 unspecified atom stereocenters. The Kier molecular flexibility index (Phi) is 23.2. The molecule has 0 aliphatic carbocycles. The number of aliphatic hydroxyl groups excluding tert-OH is 8. The first kappa shape index (κ1) is 45.4. The maximum absolute atomic E-state index is 12.9. The highest BCUT2D eigenvalue weighted by Gasteiger charge is 2.50. The van der Waals surface area contributed by atoms with Gasteiger partial charge in [-0.2, -0.15) is 0 Å². The molecule has 2 heterocycles. The number of hydrogen-bond donors (Lipinski definition) is 9. The van der Waals surface area contributed by atoms with E-state index >= 15 is 0 Å². The van der Waals surface area contributed by atoms with Crippen LogP contribution in [0.25, 0.3) is 0 Å². The molecule has 0 bridgehead atoms. The van der Waals surface area contributed by atoms with Gasteiger partial charge in [-0.15, -0.1) is 0 Å². The smallest absolute Gasteiger partial charge is 0.220 e. The summed E-state index contributed by atoms with van der Waals surface area (Å²) >= 11 is 0. The fraction of sp³-hybridized carbons (Fsp3) is 0.811. The summed E-state index contributed by atoms with van der Waals surface area (Å²) in [6.07, 6.45) is 6.85. The van der Waals surface area contributed by atoms with E-state index in [-0.39, 0.29) is 18.9 Å². The van der Waals surface area contributed by atoms with Gasteiger partial charge >= 0.3 is 0 Å². The van der Waals surface area contributed by atoms with E-state index in [9.17, 15) is 45.6 Å². The molecule has 0 radical (unpaired) electrons. The summed E-state index contributed by atoms with van der Waals surface area (Å²) in [6, 6.07) is -0.928. The number of hydrogen-bond acceptors (Lipinski definition) is 13. The lowest BCUT2D eigenvalue weighted by molar-refractivity contribution is -0.359. The second kappa shape index (κ2) is 26.1. The SMILES string of the molecule is CCC/C=C\CCCCCCCC(=O)NC(COC1OC(CO)C(OC2OC(CO)C(O)C(O)C2O)C(O)C1O)C(O)/C=C/CC/C=C/CCC. The third-order valence-corrected chi connectivity index (χ3v) is 9.01. The molecule has 14 nitrogen and oxygen atoms in total. The molecular formula is C37H65NO13. The fourth-order valence-electron chi connectivity index (χ4n) is 5.84. The van der Waals surface area contributed by atoms with E-state index in [1.165, 1.54) is 0 Å². The molecule has 0 saturated carbocycles. The van der Waals surface area contributed by atoms with Gasteiger partial charge in [-0.1, -0.05) is 82.4 Å². The van der Waals surface area contributed by atoms with Crippen molar-refractivity contribution in [2.45, 2.75) is 171 Å². The number of rotatable bonds is 25. The van der Waals surface area contributed by atoms with E-state index < -0.39 is 86.8 Å². The third kappa shape index (κ3) is 16.0. The van der Waals surface area contributed by atoms with Crippen LogP contribution in [0.1, 0.15) is 97.3 Å². The topological polar surface area (TPSA) is 228 Å². The highest BCUT2D eigenvalue weighted by atomic mass is 16.7. The molecule has 0 aromatic carbocycles. The summed E-state index contributed by atoms with van der Waals surface area (Å²) < 4.78 is 22.4. The maximum atomic E-state index is 12.9. The summed E-state index contributed by atoms with van der Waals surface area (Å²) in [5.74, 6) is -0.271. The first-order valence-electron chi connectivity index (χ1n) is 18.7. The van der Waals surface area contributed by atoms with Crippen LogP contribution in [0.2, 0.25) is 0 Å². The Morgan fingerprint density at radius 3 is 1.92 bits per heavy atom. The zero-order chi connectivity index (χ0) is 37.6. The normalized spacial score (nSPS) is 31.5. The van der Waals surface area contributed by atoms with E-state index in [0.717, 1.165) is 64.2 Å². The van der Waals surface area contributed by atoms with Crippen molar-refractivity contribution in [1.29, 1.82) is 0 Å². The lowest BCUT2D eigenvalue weighted by Gasteiger charge is -2.46.